The van der Waals surface area contributed by atoms with Gasteiger partial charge in [-0.25, -0.2) is 0 Å². The Bertz CT molecular complexity index is 786. The molecule has 0 spiro atoms. The lowest BCUT2D eigenvalue weighted by molar-refractivity contribution is -0.140. The van der Waals surface area contributed by atoms with Crippen LogP contribution in [0.5, 0.6) is 5.75 Å². The van der Waals surface area contributed by atoms with Crippen LogP contribution in [0.4, 0.5) is 0 Å². The summed E-state index contributed by atoms with van der Waals surface area (Å²) in [6.07, 6.45) is 4.49. The van der Waals surface area contributed by atoms with Gasteiger partial charge in [0, 0.05) is 37.7 Å². The molecule has 1 heterocycles. The summed E-state index contributed by atoms with van der Waals surface area (Å²) in [4.78, 5) is 17.1. The lowest BCUT2D eigenvalue weighted by Crippen LogP contribution is -2.52. The fourth-order valence-corrected chi connectivity index (χ4v) is 3.45. The van der Waals surface area contributed by atoms with Gasteiger partial charge in [0.15, 0.2) is 6.10 Å². The predicted molar refractivity (Wildman–Crippen MR) is 115 cm³/mol. The average Bonchev–Trinajstić information content (AvgIpc) is 2.73. The van der Waals surface area contributed by atoms with Gasteiger partial charge in [-0.05, 0) is 30.2 Å². The molecule has 28 heavy (non-hydrogen) atoms. The minimum absolute atomic E-state index is 0.0574. The highest BCUT2D eigenvalue weighted by Crippen LogP contribution is 2.20. The van der Waals surface area contributed by atoms with Gasteiger partial charge in [0.05, 0.1) is 0 Å². The summed E-state index contributed by atoms with van der Waals surface area (Å²) in [6.45, 7) is 6.07. The third kappa shape index (κ3) is 5.85. The Labute approximate surface area is 172 Å². The van der Waals surface area contributed by atoms with Crippen LogP contribution >= 0.6 is 11.6 Å². The normalized spacial score (nSPS) is 16.3. The number of rotatable bonds is 7. The Morgan fingerprint density at radius 3 is 2.54 bits per heavy atom. The van der Waals surface area contributed by atoms with E-state index in [1.807, 2.05) is 42.2 Å². The zero-order valence-corrected chi connectivity index (χ0v) is 17.0. The largest absolute Gasteiger partial charge is 0.481 e. The Morgan fingerprint density at radius 1 is 1.11 bits per heavy atom. The first-order valence-corrected chi connectivity index (χ1v) is 10.2. The third-order valence-electron chi connectivity index (χ3n) is 4.88. The number of hydrogen-bond acceptors (Lipinski definition) is 3. The molecule has 0 unspecified atom stereocenters. The molecule has 0 saturated carbocycles. The van der Waals surface area contributed by atoms with Crippen LogP contribution in [0.1, 0.15) is 18.9 Å². The van der Waals surface area contributed by atoms with Crippen LogP contribution in [0.2, 0.25) is 5.02 Å². The minimum atomic E-state index is -0.469. The van der Waals surface area contributed by atoms with Crippen molar-refractivity contribution in [2.45, 2.75) is 19.4 Å². The number of carbonyl (C=O) groups is 1. The van der Waals surface area contributed by atoms with Gasteiger partial charge in [-0.15, -0.1) is 0 Å². The second kappa shape index (κ2) is 10.3. The lowest BCUT2D eigenvalue weighted by atomic mass is 10.2. The molecule has 1 fully saturated rings. The van der Waals surface area contributed by atoms with Crippen molar-refractivity contribution in [1.82, 2.24) is 9.80 Å². The number of amides is 1. The van der Waals surface area contributed by atoms with Gasteiger partial charge in [-0.1, -0.05) is 67.1 Å². The standard InChI is InChI=1S/C23H27ClN2O2/c1-2-22(28-21-12-6-11-20(24)18-21)23(27)26-16-14-25(15-17-26)13-7-10-19-8-4-3-5-9-19/h3-12,18,22H,2,13-17H2,1H3/b10-7+/t22-/m0/s1. The Balaban J connectivity index is 1.47. The summed E-state index contributed by atoms with van der Waals surface area (Å²) in [5.74, 6) is 0.694. The van der Waals surface area contributed by atoms with E-state index in [1.165, 1.54) is 5.56 Å². The van der Waals surface area contributed by atoms with Crippen molar-refractivity contribution in [3.63, 3.8) is 0 Å². The van der Waals surface area contributed by atoms with E-state index in [0.29, 0.717) is 17.2 Å². The Kier molecular flexibility index (Phi) is 7.52. The maximum atomic E-state index is 12.9. The molecule has 0 bridgehead atoms. The summed E-state index contributed by atoms with van der Waals surface area (Å²) in [5, 5.41) is 0.608. The summed E-state index contributed by atoms with van der Waals surface area (Å²) < 4.78 is 5.90. The Hall–Kier alpha value is -2.30. The second-order valence-electron chi connectivity index (χ2n) is 6.91. The molecule has 1 aliphatic rings. The van der Waals surface area contributed by atoms with E-state index in [1.54, 1.807) is 12.1 Å². The molecule has 1 aliphatic heterocycles. The molecule has 0 aromatic heterocycles. The third-order valence-corrected chi connectivity index (χ3v) is 5.11. The van der Waals surface area contributed by atoms with E-state index in [9.17, 15) is 4.79 Å². The van der Waals surface area contributed by atoms with Crippen LogP contribution in [-0.4, -0.2) is 54.5 Å². The number of ether oxygens (including phenoxy) is 1. The van der Waals surface area contributed by atoms with E-state index in [0.717, 1.165) is 32.7 Å². The molecule has 4 nitrogen and oxygen atoms in total. The molecule has 0 N–H and O–H groups in total. The molecule has 2 aromatic rings. The van der Waals surface area contributed by atoms with Crippen LogP contribution in [0.3, 0.4) is 0 Å². The highest BCUT2D eigenvalue weighted by atomic mass is 35.5. The highest BCUT2D eigenvalue weighted by Gasteiger charge is 2.27. The molecule has 1 saturated heterocycles. The van der Waals surface area contributed by atoms with Crippen molar-refractivity contribution in [2.75, 3.05) is 32.7 Å². The summed E-state index contributed by atoms with van der Waals surface area (Å²) >= 11 is 6.01. The molecule has 148 valence electrons. The zero-order chi connectivity index (χ0) is 19.8. The van der Waals surface area contributed by atoms with E-state index in [4.69, 9.17) is 16.3 Å². The van der Waals surface area contributed by atoms with Crippen molar-refractivity contribution in [2.24, 2.45) is 0 Å². The molecular formula is C23H27ClN2O2. The van der Waals surface area contributed by atoms with Crippen LogP contribution in [0.15, 0.2) is 60.7 Å². The number of carbonyl (C=O) groups excluding carboxylic acids is 1. The van der Waals surface area contributed by atoms with Gasteiger partial charge in [0.1, 0.15) is 5.75 Å². The first-order valence-electron chi connectivity index (χ1n) is 9.80. The minimum Gasteiger partial charge on any atom is -0.481 e. The highest BCUT2D eigenvalue weighted by molar-refractivity contribution is 6.30. The lowest BCUT2D eigenvalue weighted by Gasteiger charge is -2.35. The predicted octanol–water partition coefficient (Wildman–Crippen LogP) is 4.36. The number of nitrogens with zero attached hydrogens (tertiary/aromatic N) is 2. The SMILES string of the molecule is CC[C@H](Oc1cccc(Cl)c1)C(=O)N1CCN(C/C=C/c2ccccc2)CC1. The van der Waals surface area contributed by atoms with Gasteiger partial charge in [-0.3, -0.25) is 9.69 Å². The van der Waals surface area contributed by atoms with E-state index >= 15 is 0 Å². The van der Waals surface area contributed by atoms with Crippen molar-refractivity contribution in [3.8, 4) is 5.75 Å². The number of benzene rings is 2. The summed E-state index contributed by atoms with van der Waals surface area (Å²) in [5.41, 5.74) is 1.21. The van der Waals surface area contributed by atoms with Crippen LogP contribution in [0, 0.1) is 0 Å². The zero-order valence-electron chi connectivity index (χ0n) is 16.3. The van der Waals surface area contributed by atoms with Gasteiger partial charge in [-0.2, -0.15) is 0 Å². The van der Waals surface area contributed by atoms with Gasteiger partial charge in [0.25, 0.3) is 5.91 Å². The molecule has 2 aromatic carbocycles. The first-order chi connectivity index (χ1) is 13.7. The van der Waals surface area contributed by atoms with Crippen molar-refractivity contribution in [1.29, 1.82) is 0 Å². The Morgan fingerprint density at radius 2 is 1.86 bits per heavy atom. The molecular weight excluding hydrogens is 372 g/mol. The van der Waals surface area contributed by atoms with Crippen LogP contribution in [0.25, 0.3) is 6.08 Å². The fraction of sp³-hybridized carbons (Fsp3) is 0.348. The maximum absolute atomic E-state index is 12.9. The quantitative estimate of drug-likeness (QED) is 0.694. The van der Waals surface area contributed by atoms with Gasteiger partial charge in [0.2, 0.25) is 0 Å². The van der Waals surface area contributed by atoms with Crippen molar-refractivity contribution in [3.05, 3.63) is 71.3 Å². The molecule has 5 heteroatoms. The van der Waals surface area contributed by atoms with E-state index < -0.39 is 6.10 Å². The van der Waals surface area contributed by atoms with Crippen LogP contribution in [-0.2, 0) is 4.79 Å². The first kappa shape index (κ1) is 20.4. The van der Waals surface area contributed by atoms with E-state index in [2.05, 4.69) is 29.2 Å². The topological polar surface area (TPSA) is 32.8 Å². The second-order valence-corrected chi connectivity index (χ2v) is 7.35. The molecule has 1 atom stereocenters. The smallest absolute Gasteiger partial charge is 0.263 e. The number of piperazine rings is 1. The molecule has 1 amide bonds. The maximum Gasteiger partial charge on any atom is 0.263 e. The van der Waals surface area contributed by atoms with Gasteiger partial charge < -0.3 is 9.64 Å². The molecule has 3 rings (SSSR count). The van der Waals surface area contributed by atoms with Crippen LogP contribution < -0.4 is 4.74 Å². The monoisotopic (exact) mass is 398 g/mol. The molecule has 0 radical (unpaired) electrons. The summed E-state index contributed by atoms with van der Waals surface area (Å²) in [7, 11) is 0. The van der Waals surface area contributed by atoms with Gasteiger partial charge >= 0.3 is 0 Å². The fourth-order valence-electron chi connectivity index (χ4n) is 3.27. The summed E-state index contributed by atoms with van der Waals surface area (Å²) in [6, 6.07) is 17.5. The van der Waals surface area contributed by atoms with Crippen molar-refractivity contribution >= 4 is 23.6 Å². The number of halogens is 1. The average molecular weight is 399 g/mol. The van der Waals surface area contributed by atoms with Crippen molar-refractivity contribution < 1.29 is 9.53 Å². The molecule has 0 aliphatic carbocycles. The number of hydrogen-bond donors (Lipinski definition) is 0. The van der Waals surface area contributed by atoms with E-state index in [-0.39, 0.29) is 5.91 Å².